The summed E-state index contributed by atoms with van der Waals surface area (Å²) < 4.78 is 10.5. The van der Waals surface area contributed by atoms with Crippen LogP contribution in [0.5, 0.6) is 11.5 Å². The van der Waals surface area contributed by atoms with E-state index >= 15 is 0 Å². The number of nitrogens with one attached hydrogen (secondary N) is 1. The van der Waals surface area contributed by atoms with Gasteiger partial charge in [-0.25, -0.2) is 0 Å². The van der Waals surface area contributed by atoms with Crippen LogP contribution in [0.2, 0.25) is 0 Å². The SMILES string of the molecule is COc1ccc(CCNC(=O)c2ccc(CSC)cc2)cc1OC. The third kappa shape index (κ3) is 4.93. The Balaban J connectivity index is 1.88. The van der Waals surface area contributed by atoms with E-state index in [1.165, 1.54) is 5.56 Å². The van der Waals surface area contributed by atoms with Gasteiger partial charge in [0.05, 0.1) is 14.2 Å². The largest absolute Gasteiger partial charge is 0.493 e. The van der Waals surface area contributed by atoms with Crippen molar-refractivity contribution in [2.45, 2.75) is 12.2 Å². The van der Waals surface area contributed by atoms with Gasteiger partial charge in [-0.15, -0.1) is 0 Å². The molecule has 24 heavy (non-hydrogen) atoms. The monoisotopic (exact) mass is 345 g/mol. The predicted octanol–water partition coefficient (Wildman–Crippen LogP) is 3.54. The fourth-order valence-electron chi connectivity index (χ4n) is 2.38. The first-order chi connectivity index (χ1) is 11.7. The lowest BCUT2D eigenvalue weighted by atomic mass is 10.1. The van der Waals surface area contributed by atoms with E-state index in [1.807, 2.05) is 42.5 Å². The van der Waals surface area contributed by atoms with Gasteiger partial charge in [-0.2, -0.15) is 11.8 Å². The Morgan fingerprint density at radius 2 is 1.67 bits per heavy atom. The zero-order valence-corrected chi connectivity index (χ0v) is 15.1. The topological polar surface area (TPSA) is 47.6 Å². The first-order valence-electron chi connectivity index (χ1n) is 7.75. The molecular formula is C19H23NO3S. The number of rotatable bonds is 8. The average Bonchev–Trinajstić information content (AvgIpc) is 2.62. The second-order valence-corrected chi connectivity index (χ2v) is 6.19. The van der Waals surface area contributed by atoms with E-state index < -0.39 is 0 Å². The average molecular weight is 345 g/mol. The molecule has 0 unspecified atom stereocenters. The molecule has 0 heterocycles. The summed E-state index contributed by atoms with van der Waals surface area (Å²) in [7, 11) is 3.23. The van der Waals surface area contributed by atoms with Crippen LogP contribution >= 0.6 is 11.8 Å². The Bertz CT molecular complexity index is 671. The van der Waals surface area contributed by atoms with Crippen molar-refractivity contribution in [3.05, 3.63) is 59.2 Å². The number of thioether (sulfide) groups is 1. The minimum absolute atomic E-state index is 0.0498. The summed E-state index contributed by atoms with van der Waals surface area (Å²) in [6.45, 7) is 0.570. The van der Waals surface area contributed by atoms with Crippen LogP contribution in [0.1, 0.15) is 21.5 Å². The number of carbonyl (C=O) groups excluding carboxylic acids is 1. The molecule has 0 saturated carbocycles. The molecule has 0 aliphatic carbocycles. The van der Waals surface area contributed by atoms with E-state index in [4.69, 9.17) is 9.47 Å². The smallest absolute Gasteiger partial charge is 0.251 e. The molecule has 1 N–H and O–H groups in total. The molecule has 0 spiro atoms. The number of hydrogen-bond acceptors (Lipinski definition) is 4. The van der Waals surface area contributed by atoms with Gasteiger partial charge < -0.3 is 14.8 Å². The standard InChI is InChI=1S/C19H23NO3S/c1-22-17-9-6-14(12-18(17)23-2)10-11-20-19(21)16-7-4-15(5-8-16)13-24-3/h4-9,12H,10-11,13H2,1-3H3,(H,20,21). The summed E-state index contributed by atoms with van der Waals surface area (Å²) in [5.41, 5.74) is 3.00. The number of carbonyl (C=O) groups is 1. The molecule has 2 aromatic carbocycles. The highest BCUT2D eigenvalue weighted by molar-refractivity contribution is 7.97. The van der Waals surface area contributed by atoms with Gasteiger partial charge >= 0.3 is 0 Å². The first kappa shape index (κ1) is 18.2. The third-order valence-corrected chi connectivity index (χ3v) is 4.30. The van der Waals surface area contributed by atoms with Gasteiger partial charge in [0, 0.05) is 17.9 Å². The van der Waals surface area contributed by atoms with Crippen LogP contribution in [0, 0.1) is 0 Å². The van der Waals surface area contributed by atoms with Crippen molar-refractivity contribution in [1.29, 1.82) is 0 Å². The first-order valence-corrected chi connectivity index (χ1v) is 9.14. The lowest BCUT2D eigenvalue weighted by Crippen LogP contribution is -2.25. The van der Waals surface area contributed by atoms with Crippen molar-refractivity contribution in [3.63, 3.8) is 0 Å². The van der Waals surface area contributed by atoms with Crippen LogP contribution in [-0.4, -0.2) is 32.9 Å². The summed E-state index contributed by atoms with van der Waals surface area (Å²) >= 11 is 1.77. The van der Waals surface area contributed by atoms with Gasteiger partial charge in [-0.3, -0.25) is 4.79 Å². The lowest BCUT2D eigenvalue weighted by Gasteiger charge is -2.10. The molecule has 2 rings (SSSR count). The Kier molecular flexibility index (Phi) is 7.00. The highest BCUT2D eigenvalue weighted by Gasteiger charge is 2.07. The Morgan fingerprint density at radius 3 is 2.29 bits per heavy atom. The van der Waals surface area contributed by atoms with Crippen LogP contribution in [0.4, 0.5) is 0 Å². The second-order valence-electron chi connectivity index (χ2n) is 5.33. The summed E-state index contributed by atoms with van der Waals surface area (Å²) in [5.74, 6) is 2.31. The maximum Gasteiger partial charge on any atom is 0.251 e. The van der Waals surface area contributed by atoms with Crippen molar-refractivity contribution in [2.75, 3.05) is 27.0 Å². The van der Waals surface area contributed by atoms with Crippen molar-refractivity contribution in [2.24, 2.45) is 0 Å². The molecule has 0 saturated heterocycles. The number of hydrogen-bond donors (Lipinski definition) is 1. The Morgan fingerprint density at radius 1 is 1.00 bits per heavy atom. The molecule has 0 radical (unpaired) electrons. The Labute approximate surface area is 147 Å². The van der Waals surface area contributed by atoms with E-state index in [-0.39, 0.29) is 5.91 Å². The maximum atomic E-state index is 12.2. The maximum absolute atomic E-state index is 12.2. The van der Waals surface area contributed by atoms with E-state index in [1.54, 1.807) is 26.0 Å². The van der Waals surface area contributed by atoms with Crippen LogP contribution in [0.25, 0.3) is 0 Å². The van der Waals surface area contributed by atoms with Crippen LogP contribution in [-0.2, 0) is 12.2 Å². The fourth-order valence-corrected chi connectivity index (χ4v) is 2.90. The van der Waals surface area contributed by atoms with E-state index in [2.05, 4.69) is 11.6 Å². The van der Waals surface area contributed by atoms with Crippen molar-refractivity contribution < 1.29 is 14.3 Å². The summed E-state index contributed by atoms with van der Waals surface area (Å²) in [4.78, 5) is 12.2. The van der Waals surface area contributed by atoms with Crippen LogP contribution < -0.4 is 14.8 Å². The highest BCUT2D eigenvalue weighted by Crippen LogP contribution is 2.27. The van der Waals surface area contributed by atoms with Gasteiger partial charge in [0.25, 0.3) is 5.91 Å². The summed E-state index contributed by atoms with van der Waals surface area (Å²) in [6.07, 6.45) is 2.80. The number of amides is 1. The number of benzene rings is 2. The molecule has 0 fully saturated rings. The molecule has 5 heteroatoms. The van der Waals surface area contributed by atoms with Gasteiger partial charge in [0.1, 0.15) is 0 Å². The third-order valence-electron chi connectivity index (χ3n) is 3.67. The van der Waals surface area contributed by atoms with E-state index in [0.29, 0.717) is 23.6 Å². The molecular weight excluding hydrogens is 322 g/mol. The molecule has 2 aromatic rings. The van der Waals surface area contributed by atoms with Crippen molar-refractivity contribution >= 4 is 17.7 Å². The van der Waals surface area contributed by atoms with Gasteiger partial charge in [-0.1, -0.05) is 18.2 Å². The minimum atomic E-state index is -0.0498. The highest BCUT2D eigenvalue weighted by atomic mass is 32.2. The normalized spacial score (nSPS) is 10.3. The molecule has 0 aliphatic heterocycles. The summed E-state index contributed by atoms with van der Waals surface area (Å²) in [5, 5.41) is 2.95. The quantitative estimate of drug-likeness (QED) is 0.795. The molecule has 128 valence electrons. The molecule has 4 nitrogen and oxygen atoms in total. The van der Waals surface area contributed by atoms with Crippen LogP contribution in [0.3, 0.4) is 0 Å². The fraction of sp³-hybridized carbons (Fsp3) is 0.316. The molecule has 1 amide bonds. The number of methoxy groups -OCH3 is 2. The lowest BCUT2D eigenvalue weighted by molar-refractivity contribution is 0.0954. The van der Waals surface area contributed by atoms with Crippen molar-refractivity contribution in [1.82, 2.24) is 5.32 Å². The molecule has 0 aliphatic rings. The molecule has 0 atom stereocenters. The number of ether oxygens (including phenoxy) is 2. The summed E-state index contributed by atoms with van der Waals surface area (Å²) in [6, 6.07) is 13.5. The minimum Gasteiger partial charge on any atom is -0.493 e. The van der Waals surface area contributed by atoms with E-state index in [9.17, 15) is 4.79 Å². The van der Waals surface area contributed by atoms with Gasteiger partial charge in [0.2, 0.25) is 0 Å². The van der Waals surface area contributed by atoms with E-state index in [0.717, 1.165) is 17.7 Å². The molecule has 0 bridgehead atoms. The van der Waals surface area contributed by atoms with Gasteiger partial charge in [0.15, 0.2) is 11.5 Å². The van der Waals surface area contributed by atoms with Crippen molar-refractivity contribution in [3.8, 4) is 11.5 Å². The second kappa shape index (κ2) is 9.23. The predicted molar refractivity (Wildman–Crippen MR) is 99.2 cm³/mol. The zero-order valence-electron chi connectivity index (χ0n) is 14.3. The van der Waals surface area contributed by atoms with Crippen LogP contribution in [0.15, 0.2) is 42.5 Å². The molecule has 0 aromatic heterocycles. The zero-order chi connectivity index (χ0) is 17.4. The Hall–Kier alpha value is -2.14. The van der Waals surface area contributed by atoms with Gasteiger partial charge in [-0.05, 0) is 48.1 Å².